The van der Waals surface area contributed by atoms with Crippen molar-refractivity contribution in [1.29, 1.82) is 0 Å². The minimum Gasteiger partial charge on any atom is -0.378 e. The number of rotatable bonds is 4. The predicted molar refractivity (Wildman–Crippen MR) is 100 cm³/mol. The second-order valence-corrected chi connectivity index (χ2v) is 6.82. The van der Waals surface area contributed by atoms with Gasteiger partial charge in [-0.25, -0.2) is 0 Å². The third kappa shape index (κ3) is 4.70. The lowest BCUT2D eigenvalue weighted by molar-refractivity contribution is -0.137. The normalized spacial score (nSPS) is 15.8. The molecule has 3 rings (SSSR count). The van der Waals surface area contributed by atoms with Gasteiger partial charge in [-0.15, -0.1) is 0 Å². The van der Waals surface area contributed by atoms with Crippen LogP contribution in [0.4, 0.5) is 18.9 Å². The molecular weight excluding hydrogens is 413 g/mol. The summed E-state index contributed by atoms with van der Waals surface area (Å²) in [5.41, 5.74) is -1.67. The maximum absolute atomic E-state index is 12.9. The van der Waals surface area contributed by atoms with Gasteiger partial charge in [0.15, 0.2) is 0 Å². The second-order valence-electron chi connectivity index (χ2n) is 6.44. The monoisotopic (exact) mass is 430 g/mol. The second kappa shape index (κ2) is 8.42. The van der Waals surface area contributed by atoms with Crippen LogP contribution in [0, 0.1) is 0 Å². The Morgan fingerprint density at radius 3 is 2.66 bits per heavy atom. The number of amides is 1. The third-order valence-electron chi connectivity index (χ3n) is 4.40. The average molecular weight is 431 g/mol. The summed E-state index contributed by atoms with van der Waals surface area (Å²) < 4.78 is 44.7. The van der Waals surface area contributed by atoms with E-state index >= 15 is 0 Å². The third-order valence-corrected chi connectivity index (χ3v) is 4.77. The van der Waals surface area contributed by atoms with Crippen LogP contribution in [0.2, 0.25) is 5.02 Å². The maximum atomic E-state index is 12.9. The lowest BCUT2D eigenvalue weighted by Gasteiger charge is -2.29. The first-order chi connectivity index (χ1) is 13.7. The van der Waals surface area contributed by atoms with Crippen LogP contribution in [0.25, 0.3) is 5.69 Å². The first-order valence-electron chi connectivity index (χ1n) is 8.77. The summed E-state index contributed by atoms with van der Waals surface area (Å²) in [5, 5.41) is 6.47. The number of benzene rings is 1. The van der Waals surface area contributed by atoms with Crippen molar-refractivity contribution in [3.05, 3.63) is 51.4 Å². The maximum Gasteiger partial charge on any atom is 0.416 e. The molecule has 1 fully saturated rings. The Bertz CT molecular complexity index is 958. The molecule has 1 saturated heterocycles. The van der Waals surface area contributed by atoms with Crippen LogP contribution in [0.15, 0.2) is 35.3 Å². The fourth-order valence-corrected chi connectivity index (χ4v) is 3.07. The van der Waals surface area contributed by atoms with E-state index in [0.717, 1.165) is 16.8 Å². The van der Waals surface area contributed by atoms with Gasteiger partial charge in [-0.1, -0.05) is 17.7 Å². The molecule has 0 radical (unpaired) electrons. The van der Waals surface area contributed by atoms with Crippen molar-refractivity contribution in [3.8, 4) is 5.69 Å². The molecule has 1 aromatic carbocycles. The summed E-state index contributed by atoms with van der Waals surface area (Å²) in [5.74, 6) is -0.188. The van der Waals surface area contributed by atoms with Crippen LogP contribution >= 0.6 is 11.6 Å². The topological polar surface area (TPSA) is 76.5 Å². The summed E-state index contributed by atoms with van der Waals surface area (Å²) >= 11 is 6.11. The van der Waals surface area contributed by atoms with Crippen LogP contribution in [0.1, 0.15) is 12.5 Å². The Hall–Kier alpha value is -2.59. The SMILES string of the molecule is CC(Nc1cnn(-c2cccc(C(F)(F)F)c2)c(=O)c1Cl)C(=O)N1CCOCC1. The van der Waals surface area contributed by atoms with Gasteiger partial charge in [0.1, 0.15) is 11.1 Å². The lowest BCUT2D eigenvalue weighted by Crippen LogP contribution is -2.47. The summed E-state index contributed by atoms with van der Waals surface area (Å²) in [6.45, 7) is 3.45. The Labute approximate surface area is 169 Å². The molecule has 0 aliphatic carbocycles. The minimum atomic E-state index is -4.56. The molecule has 0 spiro atoms. The standard InChI is InChI=1S/C18H18ClF3N4O3/c1-11(16(27)25-5-7-29-8-6-25)24-14-10-23-26(17(28)15(14)19)13-4-2-3-12(9-13)18(20,21)22/h2-4,9-11,24H,5-8H2,1H3. The first-order valence-corrected chi connectivity index (χ1v) is 9.15. The highest BCUT2D eigenvalue weighted by Crippen LogP contribution is 2.30. The van der Waals surface area contributed by atoms with E-state index in [9.17, 15) is 22.8 Å². The van der Waals surface area contributed by atoms with Crippen molar-refractivity contribution in [2.24, 2.45) is 0 Å². The Morgan fingerprint density at radius 2 is 2.00 bits per heavy atom. The molecule has 156 valence electrons. The quantitative estimate of drug-likeness (QED) is 0.806. The number of hydrogen-bond donors (Lipinski definition) is 1. The summed E-state index contributed by atoms with van der Waals surface area (Å²) in [7, 11) is 0. The molecule has 0 bridgehead atoms. The van der Waals surface area contributed by atoms with E-state index in [-0.39, 0.29) is 22.3 Å². The van der Waals surface area contributed by atoms with Gasteiger partial charge in [0.2, 0.25) is 5.91 Å². The van der Waals surface area contributed by atoms with Crippen molar-refractivity contribution in [2.75, 3.05) is 31.6 Å². The van der Waals surface area contributed by atoms with Gasteiger partial charge in [-0.05, 0) is 25.1 Å². The van der Waals surface area contributed by atoms with Gasteiger partial charge in [0.05, 0.1) is 36.3 Å². The fraction of sp³-hybridized carbons (Fsp3) is 0.389. The summed E-state index contributed by atoms with van der Waals surface area (Å²) in [6, 6.07) is 3.51. The van der Waals surface area contributed by atoms with Gasteiger partial charge in [-0.3, -0.25) is 9.59 Å². The number of alkyl halides is 3. The average Bonchev–Trinajstić information content (AvgIpc) is 2.71. The van der Waals surface area contributed by atoms with Gasteiger partial charge in [0, 0.05) is 13.1 Å². The highest BCUT2D eigenvalue weighted by molar-refractivity contribution is 6.33. The molecule has 1 aromatic heterocycles. The number of halogens is 4. The van der Waals surface area contributed by atoms with E-state index in [1.54, 1.807) is 11.8 Å². The molecule has 11 heteroatoms. The van der Waals surface area contributed by atoms with Gasteiger partial charge in [-0.2, -0.15) is 23.0 Å². The molecule has 29 heavy (non-hydrogen) atoms. The highest BCUT2D eigenvalue weighted by atomic mass is 35.5. The van der Waals surface area contributed by atoms with Crippen molar-refractivity contribution in [3.63, 3.8) is 0 Å². The number of aromatic nitrogens is 2. The number of hydrogen-bond acceptors (Lipinski definition) is 5. The van der Waals surface area contributed by atoms with Crippen LogP contribution in [0.5, 0.6) is 0 Å². The van der Waals surface area contributed by atoms with Crippen molar-refractivity contribution < 1.29 is 22.7 Å². The zero-order chi connectivity index (χ0) is 21.2. The van der Waals surface area contributed by atoms with E-state index in [1.807, 2.05) is 0 Å². The van der Waals surface area contributed by atoms with Gasteiger partial charge < -0.3 is 15.0 Å². The van der Waals surface area contributed by atoms with Gasteiger partial charge >= 0.3 is 6.18 Å². The molecule has 1 N–H and O–H groups in total. The van der Waals surface area contributed by atoms with Crippen LogP contribution in [0.3, 0.4) is 0 Å². The first kappa shape index (κ1) is 21.1. The molecule has 1 aliphatic heterocycles. The summed E-state index contributed by atoms with van der Waals surface area (Å²) in [4.78, 5) is 26.6. The van der Waals surface area contributed by atoms with Gasteiger partial charge in [0.25, 0.3) is 5.56 Å². The Morgan fingerprint density at radius 1 is 1.31 bits per heavy atom. The molecule has 0 saturated carbocycles. The number of anilines is 1. The number of nitrogens with zero attached hydrogens (tertiary/aromatic N) is 3. The van der Waals surface area contributed by atoms with E-state index in [1.165, 1.54) is 18.3 Å². The van der Waals surface area contributed by atoms with Crippen molar-refractivity contribution in [2.45, 2.75) is 19.1 Å². The number of ether oxygens (including phenoxy) is 1. The Balaban J connectivity index is 1.83. The molecule has 1 unspecified atom stereocenters. The molecule has 1 aliphatic rings. The smallest absolute Gasteiger partial charge is 0.378 e. The van der Waals surface area contributed by atoms with E-state index in [2.05, 4.69) is 10.4 Å². The molecule has 2 heterocycles. The molecule has 1 amide bonds. The molecule has 2 aromatic rings. The van der Waals surface area contributed by atoms with Crippen LogP contribution in [-0.2, 0) is 15.7 Å². The lowest BCUT2D eigenvalue weighted by atomic mass is 10.2. The largest absolute Gasteiger partial charge is 0.416 e. The Kier molecular flexibility index (Phi) is 6.13. The van der Waals surface area contributed by atoms with Crippen LogP contribution < -0.4 is 10.9 Å². The highest BCUT2D eigenvalue weighted by Gasteiger charge is 2.31. The number of carbonyl (C=O) groups excluding carboxylic acids is 1. The molecular formula is C18H18ClF3N4O3. The minimum absolute atomic E-state index is 0.0734. The van der Waals surface area contributed by atoms with Crippen LogP contribution in [-0.4, -0.2) is 52.9 Å². The van der Waals surface area contributed by atoms with E-state index < -0.39 is 23.3 Å². The number of nitrogens with one attached hydrogen (secondary N) is 1. The van der Waals surface area contributed by atoms with Crippen molar-refractivity contribution >= 4 is 23.2 Å². The number of carbonyl (C=O) groups is 1. The zero-order valence-corrected chi connectivity index (χ0v) is 16.1. The summed E-state index contributed by atoms with van der Waals surface area (Å²) in [6.07, 6.45) is -3.35. The van der Waals surface area contributed by atoms with E-state index in [0.29, 0.717) is 26.3 Å². The van der Waals surface area contributed by atoms with Crippen molar-refractivity contribution in [1.82, 2.24) is 14.7 Å². The van der Waals surface area contributed by atoms with E-state index in [4.69, 9.17) is 16.3 Å². The molecule has 7 nitrogen and oxygen atoms in total. The fourth-order valence-electron chi connectivity index (χ4n) is 2.88. The predicted octanol–water partition coefficient (Wildman–Crippen LogP) is 2.56. The molecule has 1 atom stereocenters. The zero-order valence-electron chi connectivity index (χ0n) is 15.4. The number of morpholine rings is 1.